The van der Waals surface area contributed by atoms with Crippen LogP contribution < -0.4 is 19.1 Å². The number of amides is 2. The number of carbonyl (C=O) groups is 2. The van der Waals surface area contributed by atoms with E-state index in [0.29, 0.717) is 55.4 Å². The van der Waals surface area contributed by atoms with Crippen molar-refractivity contribution in [3.8, 4) is 5.75 Å². The van der Waals surface area contributed by atoms with E-state index >= 15 is 0 Å². The Hall–Kier alpha value is -3.16. The summed E-state index contributed by atoms with van der Waals surface area (Å²) in [5, 5.41) is 24.1. The Kier molecular flexibility index (Phi) is 9.23. The Morgan fingerprint density at radius 3 is 2.69 bits per heavy atom. The fraction of sp³-hybridized carbons (Fsp3) is 0.556. The lowest BCUT2D eigenvalue weighted by atomic mass is 9.68. The van der Waals surface area contributed by atoms with Gasteiger partial charge in [-0.3, -0.25) is 9.59 Å². The molecule has 2 saturated carbocycles. The molecule has 0 radical (unpaired) electrons. The lowest BCUT2D eigenvalue weighted by Crippen LogP contribution is -2.52. The number of aliphatic hydroxyl groups is 2. The molecule has 2 heterocycles. The van der Waals surface area contributed by atoms with Crippen LogP contribution in [0.4, 0.5) is 5.69 Å². The number of hydrogen-bond donors (Lipinski definition) is 4. The molecule has 5 aliphatic rings. The van der Waals surface area contributed by atoms with Crippen molar-refractivity contribution in [3.63, 3.8) is 0 Å². The summed E-state index contributed by atoms with van der Waals surface area (Å²) in [5.41, 5.74) is 0.235. The molecular formula is C36H45ClN4O7S. The molecule has 5 atom stereocenters. The minimum atomic E-state index is -4.29. The molecule has 11 nitrogen and oxygen atoms in total. The van der Waals surface area contributed by atoms with Gasteiger partial charge in [-0.2, -0.15) is 13.1 Å². The largest absolute Gasteiger partial charge is 0.490 e. The number of nitrogens with one attached hydrogen (secondary N) is 2. The van der Waals surface area contributed by atoms with E-state index in [2.05, 4.69) is 15.7 Å². The molecule has 0 aromatic heterocycles. The summed E-state index contributed by atoms with van der Waals surface area (Å²) >= 11 is 6.42. The number of rotatable bonds is 4. The van der Waals surface area contributed by atoms with Gasteiger partial charge in [0.05, 0.1) is 24.8 Å². The third kappa shape index (κ3) is 6.95. The number of hydrogen-bond acceptors (Lipinski definition) is 8. The fourth-order valence-corrected chi connectivity index (χ4v) is 9.36. The van der Waals surface area contributed by atoms with Crippen molar-refractivity contribution >= 4 is 39.3 Å². The Labute approximate surface area is 292 Å². The highest BCUT2D eigenvalue weighted by atomic mass is 35.5. The first-order valence-corrected chi connectivity index (χ1v) is 19.2. The third-order valence-corrected chi connectivity index (χ3v) is 12.5. The predicted molar refractivity (Wildman–Crippen MR) is 186 cm³/mol. The van der Waals surface area contributed by atoms with E-state index in [0.717, 1.165) is 32.1 Å². The van der Waals surface area contributed by atoms with Gasteiger partial charge in [0.2, 0.25) is 5.91 Å². The summed E-state index contributed by atoms with van der Waals surface area (Å²) in [5.74, 6) is -0.948. The Morgan fingerprint density at radius 2 is 1.94 bits per heavy atom. The van der Waals surface area contributed by atoms with E-state index in [1.54, 1.807) is 25.2 Å². The van der Waals surface area contributed by atoms with Gasteiger partial charge in [-0.1, -0.05) is 35.9 Å². The van der Waals surface area contributed by atoms with Gasteiger partial charge >= 0.3 is 10.2 Å². The van der Waals surface area contributed by atoms with Crippen molar-refractivity contribution in [3.05, 3.63) is 70.3 Å². The molecule has 2 aliphatic heterocycles. The van der Waals surface area contributed by atoms with Crippen LogP contribution in [0.2, 0.25) is 5.02 Å². The lowest BCUT2D eigenvalue weighted by Gasteiger charge is -2.45. The van der Waals surface area contributed by atoms with Gasteiger partial charge in [-0.05, 0) is 104 Å². The summed E-state index contributed by atoms with van der Waals surface area (Å²) in [4.78, 5) is 31.0. The van der Waals surface area contributed by atoms with Gasteiger partial charge in [-0.25, -0.2) is 4.72 Å². The molecule has 13 heteroatoms. The van der Waals surface area contributed by atoms with E-state index in [1.165, 1.54) is 16.0 Å². The van der Waals surface area contributed by atoms with Crippen LogP contribution in [0.1, 0.15) is 68.1 Å². The normalized spacial score (nSPS) is 31.1. The summed E-state index contributed by atoms with van der Waals surface area (Å²) in [6.07, 6.45) is 8.77. The van der Waals surface area contributed by atoms with Crippen LogP contribution in [0.15, 0.2) is 48.6 Å². The highest BCUT2D eigenvalue weighted by Crippen LogP contribution is 2.47. The van der Waals surface area contributed by atoms with Crippen LogP contribution >= 0.6 is 11.6 Å². The number of nitrogens with zero attached hydrogens (tertiary/aromatic N) is 2. The number of benzene rings is 2. The number of carbonyl (C=O) groups excluding carboxylic acids is 2. The molecule has 49 heavy (non-hydrogen) atoms. The predicted octanol–water partition coefficient (Wildman–Crippen LogP) is 3.31. The lowest BCUT2D eigenvalue weighted by molar-refractivity contribution is -0.148. The number of anilines is 1. The summed E-state index contributed by atoms with van der Waals surface area (Å²) in [6, 6.07) is 10.7. The van der Waals surface area contributed by atoms with E-state index in [4.69, 9.17) is 16.3 Å². The third-order valence-electron chi connectivity index (χ3n) is 11.2. The van der Waals surface area contributed by atoms with Gasteiger partial charge in [-0.15, -0.1) is 0 Å². The molecule has 264 valence electrons. The molecule has 2 aromatic rings. The maximum absolute atomic E-state index is 13.9. The molecule has 4 N–H and O–H groups in total. The number of fused-ring (bicyclic) bond motifs is 4. The van der Waals surface area contributed by atoms with Crippen LogP contribution in [0, 0.1) is 11.8 Å². The zero-order valence-electron chi connectivity index (χ0n) is 27.7. The zero-order valence-corrected chi connectivity index (χ0v) is 29.3. The van der Waals surface area contributed by atoms with E-state index in [9.17, 15) is 28.2 Å². The minimum Gasteiger partial charge on any atom is -0.490 e. The molecule has 7 rings (SSSR count). The SMILES string of the molecule is CN1CC/C=C\[C@H](O)[C@@H]2CC[C@H]2CN2C[C@@]3(CCCc4cc(Cl)ccc43)COc3ccc(cc32)[C@@](O)(C(=O)NS(=O)(=O)NC2CC2)CC1=O. The zero-order chi connectivity index (χ0) is 34.6. The van der Waals surface area contributed by atoms with Gasteiger partial charge in [0.1, 0.15) is 5.75 Å². The standard InChI is InChI=1S/C36H45ClN4O7S/c1-40-16-3-2-6-31(42)28-12-7-24(28)20-41-21-35(15-4-5-23-17-26(37)9-13-29(23)35)22-48-32-14-8-25(18-30(32)41)36(45,19-33(40)43)34(44)39-49(46,47)38-27-10-11-27/h2,6,8-9,13-14,17-18,24,27-28,31,38,42,45H,3-5,7,10-12,15-16,19-22H2,1H3,(H,39,44)/b6-2-/t24-,28+,31-,35-,36+/m0/s1. The second-order valence-electron chi connectivity index (χ2n) is 14.7. The van der Waals surface area contributed by atoms with E-state index < -0.39 is 40.1 Å². The highest BCUT2D eigenvalue weighted by Gasteiger charge is 2.47. The highest BCUT2D eigenvalue weighted by molar-refractivity contribution is 7.88. The van der Waals surface area contributed by atoms with Crippen LogP contribution in [0.25, 0.3) is 0 Å². The maximum atomic E-state index is 13.9. The molecule has 2 bridgehead atoms. The fourth-order valence-electron chi connectivity index (χ4n) is 8.02. The first-order chi connectivity index (χ1) is 23.4. The summed E-state index contributed by atoms with van der Waals surface area (Å²) in [6.45, 7) is 1.88. The average molecular weight is 713 g/mol. The first-order valence-electron chi connectivity index (χ1n) is 17.3. The molecule has 2 fully saturated rings. The first kappa shape index (κ1) is 34.3. The van der Waals surface area contributed by atoms with Crippen LogP contribution in [0.3, 0.4) is 0 Å². The number of aryl methyl sites for hydroxylation is 1. The second-order valence-corrected chi connectivity index (χ2v) is 16.6. The topological polar surface area (TPSA) is 149 Å². The van der Waals surface area contributed by atoms with Crippen molar-refractivity contribution in [1.82, 2.24) is 14.3 Å². The number of ether oxygens (including phenoxy) is 1. The monoisotopic (exact) mass is 712 g/mol. The van der Waals surface area contributed by atoms with Crippen molar-refractivity contribution < 1.29 is 33.0 Å². The maximum Gasteiger partial charge on any atom is 0.301 e. The molecule has 0 saturated heterocycles. The Bertz CT molecular complexity index is 1770. The smallest absolute Gasteiger partial charge is 0.301 e. The average Bonchev–Trinajstić information content (AvgIpc) is 3.87. The molecule has 3 aliphatic carbocycles. The Balaban J connectivity index is 1.32. The quantitative estimate of drug-likeness (QED) is 0.353. The Morgan fingerprint density at radius 1 is 1.12 bits per heavy atom. The van der Waals surface area contributed by atoms with Crippen molar-refractivity contribution in [1.29, 1.82) is 0 Å². The van der Waals surface area contributed by atoms with Crippen molar-refractivity contribution in [2.24, 2.45) is 11.8 Å². The second kappa shape index (κ2) is 13.2. The summed E-state index contributed by atoms with van der Waals surface area (Å²) < 4.78 is 36.7. The van der Waals surface area contributed by atoms with E-state index in [-0.39, 0.29) is 35.4 Å². The van der Waals surface area contributed by atoms with Gasteiger partial charge < -0.3 is 24.7 Å². The van der Waals surface area contributed by atoms with Gasteiger partial charge in [0.25, 0.3) is 5.91 Å². The molecular weight excluding hydrogens is 668 g/mol. The number of halogens is 1. The van der Waals surface area contributed by atoms with Crippen LogP contribution in [0.5, 0.6) is 5.75 Å². The molecule has 2 aromatic carbocycles. The van der Waals surface area contributed by atoms with Crippen LogP contribution in [-0.4, -0.2) is 80.8 Å². The molecule has 1 spiro atoms. The summed E-state index contributed by atoms with van der Waals surface area (Å²) in [7, 11) is -2.72. The van der Waals surface area contributed by atoms with Gasteiger partial charge in [0, 0.05) is 43.2 Å². The van der Waals surface area contributed by atoms with Gasteiger partial charge in [0.15, 0.2) is 5.60 Å². The van der Waals surface area contributed by atoms with Crippen LogP contribution in [-0.2, 0) is 37.2 Å². The number of aliphatic hydroxyl groups excluding tert-OH is 1. The van der Waals surface area contributed by atoms with Crippen molar-refractivity contribution in [2.45, 2.75) is 80.9 Å². The molecule has 0 unspecified atom stereocenters. The van der Waals surface area contributed by atoms with E-state index in [1.807, 2.05) is 29.0 Å². The van der Waals surface area contributed by atoms with Crippen molar-refractivity contribution in [2.75, 3.05) is 38.2 Å². The minimum absolute atomic E-state index is 0.0552. The molecule has 2 amide bonds.